The Morgan fingerprint density at radius 1 is 0.828 bits per heavy atom. The first kappa shape index (κ1) is 24.0. The third-order valence-electron chi connectivity index (χ3n) is 5.76. The van der Waals surface area contributed by atoms with Crippen LogP contribution in [0.4, 0.5) is 0 Å². The maximum absolute atomic E-state index is 5.91. The second-order valence-corrected chi connectivity index (χ2v) is 8.56. The average molecular weight is 401 g/mol. The molecule has 2 nitrogen and oxygen atoms in total. The number of epoxide rings is 1. The Morgan fingerprint density at radius 3 is 2.07 bits per heavy atom. The highest BCUT2D eigenvalue weighted by Crippen LogP contribution is 2.22. The van der Waals surface area contributed by atoms with Gasteiger partial charge in [0, 0.05) is 0 Å². The Bertz CT molecular complexity index is 533. The van der Waals surface area contributed by atoms with Crippen molar-refractivity contribution in [3.63, 3.8) is 0 Å². The quantitative estimate of drug-likeness (QED) is 0.133. The van der Waals surface area contributed by atoms with Crippen molar-refractivity contribution in [1.82, 2.24) is 0 Å². The van der Waals surface area contributed by atoms with Gasteiger partial charge in [-0.05, 0) is 50.2 Å². The molecule has 0 spiro atoms. The smallest absolute Gasteiger partial charge is 0.122 e. The summed E-state index contributed by atoms with van der Waals surface area (Å²) < 4.78 is 11.1. The molecule has 0 aromatic heterocycles. The van der Waals surface area contributed by atoms with Crippen LogP contribution in [0, 0.1) is 0 Å². The molecule has 0 radical (unpaired) electrons. The maximum Gasteiger partial charge on any atom is 0.122 e. The van der Waals surface area contributed by atoms with E-state index in [0.717, 1.165) is 18.8 Å². The molecular weight excluding hydrogens is 356 g/mol. The van der Waals surface area contributed by atoms with Gasteiger partial charge in [-0.25, -0.2) is 0 Å². The number of benzene rings is 1. The second-order valence-electron chi connectivity index (χ2n) is 8.56. The number of allylic oxidation sites excluding steroid dienone is 2. The molecule has 29 heavy (non-hydrogen) atoms. The van der Waals surface area contributed by atoms with Gasteiger partial charge in [0.25, 0.3) is 0 Å². The van der Waals surface area contributed by atoms with Gasteiger partial charge in [-0.15, -0.1) is 0 Å². The molecule has 0 bridgehead atoms. The third-order valence-corrected chi connectivity index (χ3v) is 5.76. The van der Waals surface area contributed by atoms with E-state index in [1.54, 1.807) is 0 Å². The Balaban J connectivity index is 1.38. The van der Waals surface area contributed by atoms with E-state index in [1.807, 2.05) is 0 Å². The normalized spacial score (nSPS) is 15.8. The number of para-hydroxylation sites is 1. The summed E-state index contributed by atoms with van der Waals surface area (Å²) in [5, 5.41) is 0. The van der Waals surface area contributed by atoms with Gasteiger partial charge < -0.3 is 9.47 Å². The van der Waals surface area contributed by atoms with E-state index in [-0.39, 0.29) is 0 Å². The highest BCUT2D eigenvalue weighted by Gasteiger charge is 2.23. The molecule has 1 aromatic rings. The topological polar surface area (TPSA) is 21.8 Å². The van der Waals surface area contributed by atoms with E-state index in [0.29, 0.717) is 12.7 Å². The fourth-order valence-corrected chi connectivity index (χ4v) is 3.76. The van der Waals surface area contributed by atoms with Crippen LogP contribution in [-0.2, 0) is 11.2 Å². The van der Waals surface area contributed by atoms with E-state index < -0.39 is 0 Å². The van der Waals surface area contributed by atoms with E-state index >= 15 is 0 Å². The fraction of sp³-hybridized carbons (Fsp3) is 0.704. The summed E-state index contributed by atoms with van der Waals surface area (Å²) in [5.41, 5.74) is 1.35. The Hall–Kier alpha value is -1.28. The van der Waals surface area contributed by atoms with E-state index in [2.05, 4.69) is 43.3 Å². The zero-order valence-corrected chi connectivity index (χ0v) is 18.9. The highest BCUT2D eigenvalue weighted by atomic mass is 16.6. The van der Waals surface area contributed by atoms with Crippen LogP contribution >= 0.6 is 0 Å². The first-order chi connectivity index (χ1) is 14.4. The average Bonchev–Trinajstić information content (AvgIpc) is 3.57. The summed E-state index contributed by atoms with van der Waals surface area (Å²) >= 11 is 0. The largest absolute Gasteiger partial charge is 0.491 e. The molecule has 1 unspecified atom stereocenters. The van der Waals surface area contributed by atoms with Crippen LogP contribution in [0.25, 0.3) is 0 Å². The Kier molecular flexibility index (Phi) is 13.7. The molecule has 1 heterocycles. The second kappa shape index (κ2) is 16.5. The molecule has 1 saturated heterocycles. The summed E-state index contributed by atoms with van der Waals surface area (Å²) in [7, 11) is 0. The predicted octanol–water partition coefficient (Wildman–Crippen LogP) is 8.04. The molecular formula is C27H44O2. The number of rotatable bonds is 19. The molecule has 1 aliphatic rings. The van der Waals surface area contributed by atoms with Crippen LogP contribution in [0.5, 0.6) is 5.75 Å². The zero-order valence-electron chi connectivity index (χ0n) is 18.9. The van der Waals surface area contributed by atoms with Crippen molar-refractivity contribution in [3.05, 3.63) is 42.0 Å². The van der Waals surface area contributed by atoms with Crippen molar-refractivity contribution < 1.29 is 9.47 Å². The minimum atomic E-state index is 0.326. The summed E-state index contributed by atoms with van der Waals surface area (Å²) in [6.45, 7) is 3.84. The molecule has 1 atom stereocenters. The molecule has 0 N–H and O–H groups in total. The lowest BCUT2D eigenvalue weighted by atomic mass is 10.0. The van der Waals surface area contributed by atoms with Crippen LogP contribution in [0.15, 0.2) is 36.4 Å². The lowest BCUT2D eigenvalue weighted by molar-refractivity contribution is 0.261. The summed E-state index contributed by atoms with van der Waals surface area (Å²) in [4.78, 5) is 0. The van der Waals surface area contributed by atoms with Crippen molar-refractivity contribution in [2.45, 2.75) is 109 Å². The molecule has 0 amide bonds. The zero-order chi connectivity index (χ0) is 20.4. The van der Waals surface area contributed by atoms with Crippen molar-refractivity contribution in [3.8, 4) is 5.75 Å². The van der Waals surface area contributed by atoms with Gasteiger partial charge in [-0.3, -0.25) is 0 Å². The Morgan fingerprint density at radius 2 is 1.41 bits per heavy atom. The summed E-state index contributed by atoms with van der Waals surface area (Å²) in [6.07, 6.45) is 25.3. The molecule has 1 aromatic carbocycles. The van der Waals surface area contributed by atoms with Crippen molar-refractivity contribution in [1.29, 1.82) is 0 Å². The maximum atomic E-state index is 5.91. The minimum absolute atomic E-state index is 0.326. The first-order valence-corrected chi connectivity index (χ1v) is 12.4. The summed E-state index contributed by atoms with van der Waals surface area (Å²) in [6, 6.07) is 8.48. The van der Waals surface area contributed by atoms with Gasteiger partial charge in [0.15, 0.2) is 0 Å². The molecule has 2 heteroatoms. The third kappa shape index (κ3) is 12.8. The van der Waals surface area contributed by atoms with Crippen LogP contribution in [-0.4, -0.2) is 19.3 Å². The van der Waals surface area contributed by atoms with Gasteiger partial charge >= 0.3 is 0 Å². The molecule has 1 aliphatic heterocycles. The minimum Gasteiger partial charge on any atom is -0.491 e. The van der Waals surface area contributed by atoms with Gasteiger partial charge in [0.1, 0.15) is 18.5 Å². The van der Waals surface area contributed by atoms with E-state index in [1.165, 1.54) is 95.5 Å². The molecule has 0 saturated carbocycles. The fourth-order valence-electron chi connectivity index (χ4n) is 3.76. The van der Waals surface area contributed by atoms with Crippen molar-refractivity contribution in [2.24, 2.45) is 0 Å². The highest BCUT2D eigenvalue weighted by molar-refractivity contribution is 5.33. The van der Waals surface area contributed by atoms with Gasteiger partial charge in [-0.2, -0.15) is 0 Å². The van der Waals surface area contributed by atoms with E-state index in [4.69, 9.17) is 9.47 Å². The molecule has 2 rings (SSSR count). The van der Waals surface area contributed by atoms with Gasteiger partial charge in [0.2, 0.25) is 0 Å². The van der Waals surface area contributed by atoms with Crippen molar-refractivity contribution >= 4 is 0 Å². The molecule has 0 aliphatic carbocycles. The SMILES string of the molecule is CCCCCCCCCC/C=C/CCCCCCc1ccccc1OCC1CO1. The van der Waals surface area contributed by atoms with Crippen LogP contribution in [0.3, 0.4) is 0 Å². The number of hydrogen-bond donors (Lipinski definition) is 0. The number of hydrogen-bond acceptors (Lipinski definition) is 2. The van der Waals surface area contributed by atoms with Crippen LogP contribution < -0.4 is 4.74 Å². The standard InChI is InChI=1S/C27H44O2/c1-2-3-4-5-6-7-8-9-10-11-12-13-14-15-16-17-20-25-21-18-19-22-27(25)29-24-26-23-28-26/h11-12,18-19,21-22,26H,2-10,13-17,20,23-24H2,1H3/b12-11+. The lowest BCUT2D eigenvalue weighted by Crippen LogP contribution is -2.05. The van der Waals surface area contributed by atoms with Crippen molar-refractivity contribution in [2.75, 3.05) is 13.2 Å². The van der Waals surface area contributed by atoms with Gasteiger partial charge in [-0.1, -0.05) is 95.1 Å². The monoisotopic (exact) mass is 400 g/mol. The first-order valence-electron chi connectivity index (χ1n) is 12.4. The van der Waals surface area contributed by atoms with Crippen LogP contribution in [0.2, 0.25) is 0 Å². The van der Waals surface area contributed by atoms with Gasteiger partial charge in [0.05, 0.1) is 6.61 Å². The molecule has 164 valence electrons. The number of aryl methyl sites for hydroxylation is 1. The number of unbranched alkanes of at least 4 members (excludes halogenated alkanes) is 12. The summed E-state index contributed by atoms with van der Waals surface area (Å²) in [5.74, 6) is 1.05. The molecule has 1 fully saturated rings. The number of ether oxygens (including phenoxy) is 2. The lowest BCUT2D eigenvalue weighted by Gasteiger charge is -2.10. The predicted molar refractivity (Wildman–Crippen MR) is 125 cm³/mol. The van der Waals surface area contributed by atoms with Crippen LogP contribution in [0.1, 0.15) is 102 Å². The van der Waals surface area contributed by atoms with E-state index in [9.17, 15) is 0 Å². The Labute approximate surface area is 180 Å².